The Balaban J connectivity index is 2.53. The zero-order valence-corrected chi connectivity index (χ0v) is 16.3. The number of sulfonamides is 1. The van der Waals surface area contributed by atoms with E-state index in [0.717, 1.165) is 9.87 Å². The minimum atomic E-state index is -3.91. The van der Waals surface area contributed by atoms with Crippen molar-refractivity contribution >= 4 is 21.6 Å². The largest absolute Gasteiger partial charge is 0.497 e. The Kier molecular flexibility index (Phi) is 6.26. The van der Waals surface area contributed by atoms with Crippen LogP contribution in [0.4, 0.5) is 5.69 Å². The van der Waals surface area contributed by atoms with Gasteiger partial charge in [0, 0.05) is 6.54 Å². The van der Waals surface area contributed by atoms with Crippen LogP contribution in [0.5, 0.6) is 5.75 Å². The lowest BCUT2D eigenvalue weighted by atomic mass is 10.2. The van der Waals surface area contributed by atoms with Gasteiger partial charge in [-0.15, -0.1) is 0 Å². The molecule has 0 spiro atoms. The van der Waals surface area contributed by atoms with Crippen molar-refractivity contribution in [3.05, 3.63) is 53.6 Å². The molecule has 0 radical (unpaired) electrons. The number of anilines is 1. The molecule has 0 fully saturated rings. The van der Waals surface area contributed by atoms with Gasteiger partial charge in [-0.2, -0.15) is 0 Å². The van der Waals surface area contributed by atoms with Gasteiger partial charge in [0.2, 0.25) is 5.91 Å². The van der Waals surface area contributed by atoms with Crippen LogP contribution in [-0.4, -0.2) is 34.5 Å². The number of amides is 1. The van der Waals surface area contributed by atoms with Gasteiger partial charge >= 0.3 is 0 Å². The van der Waals surface area contributed by atoms with Gasteiger partial charge in [-0.05, 0) is 62.2 Å². The standard InChI is InChI=1S/C19H24N2O4S/c1-5-20-19(22)13-21(16-8-10-17(25-4)11-9-16)26(23,24)18-12-14(2)6-7-15(18)3/h6-12H,5,13H2,1-4H3,(H,20,22). The molecule has 0 aliphatic heterocycles. The minimum Gasteiger partial charge on any atom is -0.497 e. The maximum atomic E-state index is 13.3. The Bertz CT molecular complexity index is 877. The van der Waals surface area contributed by atoms with Crippen molar-refractivity contribution in [2.75, 3.05) is 24.5 Å². The number of benzene rings is 2. The Morgan fingerprint density at radius 3 is 2.35 bits per heavy atom. The smallest absolute Gasteiger partial charge is 0.265 e. The molecule has 1 amide bonds. The summed E-state index contributed by atoms with van der Waals surface area (Å²) in [6.45, 7) is 5.49. The molecule has 0 aliphatic carbocycles. The van der Waals surface area contributed by atoms with Crippen LogP contribution in [0.25, 0.3) is 0 Å². The average molecular weight is 376 g/mol. The van der Waals surface area contributed by atoms with Crippen molar-refractivity contribution in [1.29, 1.82) is 0 Å². The predicted molar refractivity (Wildman–Crippen MR) is 102 cm³/mol. The van der Waals surface area contributed by atoms with Gasteiger partial charge in [0.25, 0.3) is 10.0 Å². The summed E-state index contributed by atoms with van der Waals surface area (Å²) in [4.78, 5) is 12.3. The van der Waals surface area contributed by atoms with Gasteiger partial charge in [0.05, 0.1) is 17.7 Å². The van der Waals surface area contributed by atoms with Crippen LogP contribution in [0.3, 0.4) is 0 Å². The molecule has 0 atom stereocenters. The average Bonchev–Trinajstić information content (AvgIpc) is 2.62. The molecule has 2 aromatic carbocycles. The zero-order valence-electron chi connectivity index (χ0n) is 15.4. The second kappa shape index (κ2) is 8.23. The summed E-state index contributed by atoms with van der Waals surface area (Å²) in [6.07, 6.45) is 0. The summed E-state index contributed by atoms with van der Waals surface area (Å²) in [7, 11) is -2.37. The minimum absolute atomic E-state index is 0.192. The summed E-state index contributed by atoms with van der Waals surface area (Å²) in [6, 6.07) is 11.8. The van der Waals surface area contributed by atoms with Gasteiger partial charge in [0.1, 0.15) is 12.3 Å². The molecule has 26 heavy (non-hydrogen) atoms. The molecule has 2 rings (SSSR count). The van der Waals surface area contributed by atoms with Crippen LogP contribution in [0.2, 0.25) is 0 Å². The molecule has 0 heterocycles. The van der Waals surface area contributed by atoms with Gasteiger partial charge in [-0.1, -0.05) is 12.1 Å². The van der Waals surface area contributed by atoms with E-state index in [1.54, 1.807) is 50.2 Å². The highest BCUT2D eigenvalue weighted by Crippen LogP contribution is 2.27. The van der Waals surface area contributed by atoms with Crippen LogP contribution < -0.4 is 14.4 Å². The lowest BCUT2D eigenvalue weighted by molar-refractivity contribution is -0.119. The Morgan fingerprint density at radius 1 is 1.12 bits per heavy atom. The highest BCUT2D eigenvalue weighted by Gasteiger charge is 2.28. The first-order valence-electron chi connectivity index (χ1n) is 8.30. The van der Waals surface area contributed by atoms with Gasteiger partial charge < -0.3 is 10.1 Å². The van der Waals surface area contributed by atoms with E-state index >= 15 is 0 Å². The number of hydrogen-bond donors (Lipinski definition) is 1. The number of carbonyl (C=O) groups is 1. The summed E-state index contributed by atoms with van der Waals surface area (Å²) >= 11 is 0. The first-order chi connectivity index (χ1) is 12.3. The highest BCUT2D eigenvalue weighted by molar-refractivity contribution is 7.93. The fourth-order valence-corrected chi connectivity index (χ4v) is 4.28. The van der Waals surface area contributed by atoms with Crippen molar-refractivity contribution in [2.45, 2.75) is 25.7 Å². The van der Waals surface area contributed by atoms with Gasteiger partial charge in [0.15, 0.2) is 0 Å². The molecule has 0 saturated carbocycles. The first-order valence-corrected chi connectivity index (χ1v) is 9.74. The lowest BCUT2D eigenvalue weighted by Crippen LogP contribution is -2.41. The maximum Gasteiger partial charge on any atom is 0.265 e. The zero-order chi connectivity index (χ0) is 19.3. The van der Waals surface area contributed by atoms with E-state index in [2.05, 4.69) is 5.32 Å². The molecule has 0 unspecified atom stereocenters. The summed E-state index contributed by atoms with van der Waals surface area (Å²) in [5.74, 6) is 0.244. The second-order valence-corrected chi connectivity index (χ2v) is 7.76. The molecule has 7 heteroatoms. The number of aryl methyl sites for hydroxylation is 2. The number of rotatable bonds is 7. The SMILES string of the molecule is CCNC(=O)CN(c1ccc(OC)cc1)S(=O)(=O)c1cc(C)ccc1C. The Morgan fingerprint density at radius 2 is 1.77 bits per heavy atom. The van der Waals surface area contributed by atoms with E-state index < -0.39 is 10.0 Å². The number of ether oxygens (including phenoxy) is 1. The normalized spacial score (nSPS) is 11.1. The van der Waals surface area contributed by atoms with Crippen molar-refractivity contribution in [1.82, 2.24) is 5.32 Å². The third-order valence-corrected chi connectivity index (χ3v) is 5.85. The van der Waals surface area contributed by atoms with E-state index in [1.807, 2.05) is 13.0 Å². The van der Waals surface area contributed by atoms with Crippen LogP contribution in [-0.2, 0) is 14.8 Å². The first kappa shape index (κ1) is 19.8. The van der Waals surface area contributed by atoms with Crippen LogP contribution in [0.15, 0.2) is 47.4 Å². The van der Waals surface area contributed by atoms with Gasteiger partial charge in [-0.25, -0.2) is 8.42 Å². The predicted octanol–water partition coefficient (Wildman–Crippen LogP) is 2.64. The monoisotopic (exact) mass is 376 g/mol. The molecule has 0 saturated heterocycles. The Hall–Kier alpha value is -2.54. The van der Waals surface area contributed by atoms with E-state index in [-0.39, 0.29) is 17.3 Å². The molecular formula is C19H24N2O4S. The number of methoxy groups -OCH3 is 1. The fourth-order valence-electron chi connectivity index (χ4n) is 2.55. The maximum absolute atomic E-state index is 13.3. The fraction of sp³-hybridized carbons (Fsp3) is 0.316. The van der Waals surface area contributed by atoms with Crippen molar-refractivity contribution in [3.63, 3.8) is 0 Å². The molecule has 140 valence electrons. The van der Waals surface area contributed by atoms with Crippen LogP contribution in [0.1, 0.15) is 18.1 Å². The molecule has 0 aromatic heterocycles. The molecule has 2 aromatic rings. The van der Waals surface area contributed by atoms with E-state index in [0.29, 0.717) is 23.5 Å². The summed E-state index contributed by atoms with van der Waals surface area (Å²) in [5, 5.41) is 2.65. The topological polar surface area (TPSA) is 75.7 Å². The third kappa shape index (κ3) is 4.35. The van der Waals surface area contributed by atoms with Crippen LogP contribution >= 0.6 is 0 Å². The number of likely N-dealkylation sites (N-methyl/N-ethyl adjacent to an activating group) is 1. The quantitative estimate of drug-likeness (QED) is 0.806. The van der Waals surface area contributed by atoms with E-state index in [4.69, 9.17) is 4.74 Å². The van der Waals surface area contributed by atoms with E-state index in [1.165, 1.54) is 7.11 Å². The summed E-state index contributed by atoms with van der Waals surface area (Å²) < 4.78 is 32.9. The lowest BCUT2D eigenvalue weighted by Gasteiger charge is -2.25. The number of hydrogen-bond acceptors (Lipinski definition) is 4. The number of carbonyl (C=O) groups excluding carboxylic acids is 1. The molecule has 0 bridgehead atoms. The molecule has 6 nitrogen and oxygen atoms in total. The number of nitrogens with zero attached hydrogens (tertiary/aromatic N) is 1. The Labute approximate surface area is 154 Å². The van der Waals surface area contributed by atoms with E-state index in [9.17, 15) is 13.2 Å². The number of nitrogens with one attached hydrogen (secondary N) is 1. The van der Waals surface area contributed by atoms with Crippen molar-refractivity contribution < 1.29 is 17.9 Å². The molecule has 0 aliphatic rings. The van der Waals surface area contributed by atoms with Crippen molar-refractivity contribution in [3.8, 4) is 5.75 Å². The highest BCUT2D eigenvalue weighted by atomic mass is 32.2. The van der Waals surface area contributed by atoms with Gasteiger partial charge in [-0.3, -0.25) is 9.10 Å². The van der Waals surface area contributed by atoms with Crippen LogP contribution in [0, 0.1) is 13.8 Å². The van der Waals surface area contributed by atoms with Crippen molar-refractivity contribution in [2.24, 2.45) is 0 Å². The third-order valence-electron chi connectivity index (χ3n) is 3.93. The second-order valence-electron chi connectivity index (χ2n) is 5.93. The molecular weight excluding hydrogens is 352 g/mol. The molecule has 1 N–H and O–H groups in total. The summed E-state index contributed by atoms with van der Waals surface area (Å²) in [5.41, 5.74) is 1.87.